The number of hydrogen-bond acceptors (Lipinski definition) is 5. The van der Waals surface area contributed by atoms with E-state index in [0.29, 0.717) is 0 Å². The summed E-state index contributed by atoms with van der Waals surface area (Å²) in [7, 11) is 1.83. The summed E-state index contributed by atoms with van der Waals surface area (Å²) in [4.78, 5) is 0. The number of nitrogens with zero attached hydrogens (tertiary/aromatic N) is 4. The van der Waals surface area contributed by atoms with E-state index in [1.807, 2.05) is 31.3 Å². The molecule has 1 aromatic carbocycles. The van der Waals surface area contributed by atoms with Crippen molar-refractivity contribution in [2.24, 2.45) is 7.05 Å². The minimum atomic E-state index is 0.736. The molecule has 0 aliphatic carbocycles. The summed E-state index contributed by atoms with van der Waals surface area (Å²) in [6.07, 6.45) is 0. The van der Waals surface area contributed by atoms with Gasteiger partial charge in [-0.25, -0.2) is 4.68 Å². The van der Waals surface area contributed by atoms with Gasteiger partial charge in [-0.1, -0.05) is 29.4 Å². The summed E-state index contributed by atoms with van der Waals surface area (Å²) in [5.74, 6) is 0.890. The Labute approximate surface area is 109 Å². The maximum absolute atomic E-state index is 5.88. The highest BCUT2D eigenvalue weighted by Gasteiger charge is 2.01. The highest BCUT2D eigenvalue weighted by atomic mass is 35.5. The summed E-state index contributed by atoms with van der Waals surface area (Å²) >= 11 is 7.49. The predicted octanol–water partition coefficient (Wildman–Crippen LogP) is 2.07. The van der Waals surface area contributed by atoms with Crippen LogP contribution in [0.4, 0.5) is 5.69 Å². The molecule has 0 atom stereocenters. The first-order chi connectivity index (χ1) is 8.25. The van der Waals surface area contributed by atoms with Crippen LogP contribution in [0.1, 0.15) is 0 Å². The molecule has 0 saturated carbocycles. The molecule has 1 aromatic heterocycles. The second-order valence-electron chi connectivity index (χ2n) is 3.37. The molecule has 2 aromatic rings. The van der Waals surface area contributed by atoms with Crippen LogP contribution in [0.5, 0.6) is 0 Å². The van der Waals surface area contributed by atoms with Gasteiger partial charge in [0.25, 0.3) is 0 Å². The molecule has 0 fully saturated rings. The highest BCUT2D eigenvalue weighted by molar-refractivity contribution is 7.99. The number of nitrogens with one attached hydrogen (secondary N) is 1. The second kappa shape index (κ2) is 5.88. The Morgan fingerprint density at radius 3 is 3.06 bits per heavy atom. The van der Waals surface area contributed by atoms with Gasteiger partial charge in [0.05, 0.1) is 0 Å². The van der Waals surface area contributed by atoms with Crippen molar-refractivity contribution in [1.29, 1.82) is 0 Å². The van der Waals surface area contributed by atoms with Crippen LogP contribution in [0.3, 0.4) is 0 Å². The largest absolute Gasteiger partial charge is 0.384 e. The van der Waals surface area contributed by atoms with Crippen LogP contribution in [0.15, 0.2) is 29.4 Å². The Balaban J connectivity index is 1.75. The van der Waals surface area contributed by atoms with Gasteiger partial charge in [-0.05, 0) is 28.6 Å². The van der Waals surface area contributed by atoms with Gasteiger partial charge in [-0.15, -0.1) is 5.10 Å². The van der Waals surface area contributed by atoms with Crippen molar-refractivity contribution in [2.45, 2.75) is 5.16 Å². The van der Waals surface area contributed by atoms with E-state index in [-0.39, 0.29) is 0 Å². The van der Waals surface area contributed by atoms with E-state index in [9.17, 15) is 0 Å². The molecule has 7 heteroatoms. The molecule has 0 bridgehead atoms. The lowest BCUT2D eigenvalue weighted by molar-refractivity contribution is 0.664. The zero-order valence-corrected chi connectivity index (χ0v) is 10.9. The summed E-state index contributed by atoms with van der Waals surface area (Å²) in [6.45, 7) is 0.831. The van der Waals surface area contributed by atoms with E-state index in [1.54, 1.807) is 16.4 Å². The van der Waals surface area contributed by atoms with Gasteiger partial charge in [0.15, 0.2) is 0 Å². The predicted molar refractivity (Wildman–Crippen MR) is 69.5 cm³/mol. The molecule has 0 unspecified atom stereocenters. The van der Waals surface area contributed by atoms with Gasteiger partial charge in [-0.2, -0.15) is 0 Å². The summed E-state index contributed by atoms with van der Waals surface area (Å²) in [6, 6.07) is 7.66. The number of tetrazole rings is 1. The molecule has 0 aliphatic rings. The first-order valence-corrected chi connectivity index (χ1v) is 6.46. The van der Waals surface area contributed by atoms with Crippen molar-refractivity contribution >= 4 is 29.1 Å². The smallest absolute Gasteiger partial charge is 0.209 e. The maximum atomic E-state index is 5.88. The van der Waals surface area contributed by atoms with Gasteiger partial charge >= 0.3 is 0 Å². The lowest BCUT2D eigenvalue weighted by atomic mass is 10.3. The van der Waals surface area contributed by atoms with E-state index in [4.69, 9.17) is 11.6 Å². The van der Waals surface area contributed by atoms with Crippen molar-refractivity contribution in [2.75, 3.05) is 17.6 Å². The van der Waals surface area contributed by atoms with E-state index in [1.165, 1.54) is 0 Å². The lowest BCUT2D eigenvalue weighted by Crippen LogP contribution is -2.04. The molecule has 0 spiro atoms. The standard InChI is InChI=1S/C10H12ClN5S/c1-16-10(13-14-15-16)17-6-5-12-9-4-2-3-8(11)7-9/h2-4,7,12H,5-6H2,1H3. The van der Waals surface area contributed by atoms with Gasteiger partial charge < -0.3 is 5.32 Å². The normalized spacial score (nSPS) is 10.5. The van der Waals surface area contributed by atoms with E-state index in [2.05, 4.69) is 20.8 Å². The number of anilines is 1. The number of aryl methyl sites for hydroxylation is 1. The number of aromatic nitrogens is 4. The van der Waals surface area contributed by atoms with Crippen LogP contribution in [0, 0.1) is 0 Å². The number of halogens is 1. The molecule has 0 radical (unpaired) electrons. The third-order valence-electron chi connectivity index (χ3n) is 2.07. The molecule has 90 valence electrons. The van der Waals surface area contributed by atoms with Gasteiger partial charge in [0.1, 0.15) is 0 Å². The van der Waals surface area contributed by atoms with Gasteiger partial charge in [0.2, 0.25) is 5.16 Å². The Morgan fingerprint density at radius 1 is 1.47 bits per heavy atom. The quantitative estimate of drug-likeness (QED) is 0.665. The fraction of sp³-hybridized carbons (Fsp3) is 0.300. The average Bonchev–Trinajstić information content (AvgIpc) is 2.71. The summed E-state index contributed by atoms with van der Waals surface area (Å²) in [5.41, 5.74) is 1.02. The zero-order valence-electron chi connectivity index (χ0n) is 9.30. The van der Waals surface area contributed by atoms with Crippen LogP contribution < -0.4 is 5.32 Å². The Kier molecular flexibility index (Phi) is 4.22. The molecule has 5 nitrogen and oxygen atoms in total. The van der Waals surface area contributed by atoms with Crippen LogP contribution in [-0.2, 0) is 7.05 Å². The Bertz CT molecular complexity index is 487. The third-order valence-corrected chi connectivity index (χ3v) is 3.32. The van der Waals surface area contributed by atoms with Crippen LogP contribution >= 0.6 is 23.4 Å². The van der Waals surface area contributed by atoms with Crippen molar-refractivity contribution in [3.8, 4) is 0 Å². The zero-order chi connectivity index (χ0) is 12.1. The van der Waals surface area contributed by atoms with Crippen molar-refractivity contribution in [1.82, 2.24) is 20.2 Å². The average molecular weight is 270 g/mol. The number of benzene rings is 1. The topological polar surface area (TPSA) is 55.6 Å². The summed E-state index contributed by atoms with van der Waals surface area (Å²) < 4.78 is 1.66. The molecule has 0 saturated heterocycles. The fourth-order valence-corrected chi connectivity index (χ4v) is 2.17. The van der Waals surface area contributed by atoms with Gasteiger partial charge in [-0.3, -0.25) is 0 Å². The number of thioether (sulfide) groups is 1. The third kappa shape index (κ3) is 3.61. The second-order valence-corrected chi connectivity index (χ2v) is 4.87. The van der Waals surface area contributed by atoms with E-state index in [0.717, 1.165) is 28.2 Å². The summed E-state index contributed by atoms with van der Waals surface area (Å²) in [5, 5.41) is 16.1. The molecule has 1 N–H and O–H groups in total. The van der Waals surface area contributed by atoms with E-state index < -0.39 is 0 Å². The maximum Gasteiger partial charge on any atom is 0.209 e. The van der Waals surface area contributed by atoms with E-state index >= 15 is 0 Å². The molecule has 1 heterocycles. The molecular weight excluding hydrogens is 258 g/mol. The molecular formula is C10H12ClN5S. The molecule has 17 heavy (non-hydrogen) atoms. The van der Waals surface area contributed by atoms with Gasteiger partial charge in [0, 0.05) is 30.1 Å². The highest BCUT2D eigenvalue weighted by Crippen LogP contribution is 2.16. The number of rotatable bonds is 5. The van der Waals surface area contributed by atoms with Crippen LogP contribution in [0.2, 0.25) is 5.02 Å². The van der Waals surface area contributed by atoms with Crippen LogP contribution in [-0.4, -0.2) is 32.5 Å². The lowest BCUT2D eigenvalue weighted by Gasteiger charge is -2.05. The minimum absolute atomic E-state index is 0.736. The monoisotopic (exact) mass is 269 g/mol. The molecule has 2 rings (SSSR count). The Hall–Kier alpha value is -1.27. The van der Waals surface area contributed by atoms with Crippen LogP contribution in [0.25, 0.3) is 0 Å². The molecule has 0 amide bonds. The SMILES string of the molecule is Cn1nnnc1SCCNc1cccc(Cl)c1. The molecule has 0 aliphatic heterocycles. The first-order valence-electron chi connectivity index (χ1n) is 5.10. The van der Waals surface area contributed by atoms with Crippen molar-refractivity contribution < 1.29 is 0 Å². The minimum Gasteiger partial charge on any atom is -0.384 e. The number of hydrogen-bond donors (Lipinski definition) is 1. The first kappa shape index (κ1) is 12.2. The van der Waals surface area contributed by atoms with Crippen molar-refractivity contribution in [3.63, 3.8) is 0 Å². The fourth-order valence-electron chi connectivity index (χ4n) is 1.28. The Morgan fingerprint density at radius 2 is 2.35 bits per heavy atom. The van der Waals surface area contributed by atoms with Crippen molar-refractivity contribution in [3.05, 3.63) is 29.3 Å².